The van der Waals surface area contributed by atoms with Crippen LogP contribution in [0, 0.1) is 0 Å². The van der Waals surface area contributed by atoms with E-state index in [1.807, 2.05) is 0 Å². The second kappa shape index (κ2) is 8.17. The number of aliphatic hydroxyl groups excluding tert-OH is 1. The zero-order chi connectivity index (χ0) is 18.4. The second-order valence-corrected chi connectivity index (χ2v) is 5.68. The number of nitrogen functional groups attached to an aromatic ring is 1. The van der Waals surface area contributed by atoms with Crippen molar-refractivity contribution in [2.75, 3.05) is 18.9 Å². The van der Waals surface area contributed by atoms with Crippen molar-refractivity contribution in [2.45, 2.75) is 6.42 Å². The molecular formula is C19H20N4O3. The van der Waals surface area contributed by atoms with Crippen molar-refractivity contribution in [3.8, 4) is 22.9 Å². The molecule has 7 nitrogen and oxygen atoms in total. The van der Waals surface area contributed by atoms with E-state index in [2.05, 4.69) is 15.3 Å². The number of carbonyl (C=O) groups excluding carboxylic acids is 1. The summed E-state index contributed by atoms with van der Waals surface area (Å²) in [5, 5.41) is 11.5. The van der Waals surface area contributed by atoms with Crippen molar-refractivity contribution >= 4 is 11.6 Å². The van der Waals surface area contributed by atoms with Gasteiger partial charge in [-0.1, -0.05) is 0 Å². The number of ether oxygens (including phenoxy) is 1. The molecule has 2 aromatic heterocycles. The van der Waals surface area contributed by atoms with Crippen molar-refractivity contribution in [1.29, 1.82) is 0 Å². The first-order valence-corrected chi connectivity index (χ1v) is 8.23. The largest absolute Gasteiger partial charge is 0.457 e. The van der Waals surface area contributed by atoms with Crippen LogP contribution >= 0.6 is 0 Å². The molecular weight excluding hydrogens is 332 g/mol. The van der Waals surface area contributed by atoms with Crippen LogP contribution in [0.25, 0.3) is 11.4 Å². The molecule has 0 aliphatic carbocycles. The number of hydrogen-bond donors (Lipinski definition) is 4. The van der Waals surface area contributed by atoms with Gasteiger partial charge < -0.3 is 25.9 Å². The minimum absolute atomic E-state index is 0.0450. The monoisotopic (exact) mass is 352 g/mol. The van der Waals surface area contributed by atoms with Gasteiger partial charge in [0, 0.05) is 37.3 Å². The van der Waals surface area contributed by atoms with Gasteiger partial charge in [0.2, 0.25) is 0 Å². The average Bonchev–Trinajstić information content (AvgIpc) is 3.14. The van der Waals surface area contributed by atoms with E-state index in [0.717, 1.165) is 0 Å². The number of nitrogens with zero attached hydrogens (tertiary/aromatic N) is 1. The highest BCUT2D eigenvalue weighted by Crippen LogP contribution is 2.26. The fourth-order valence-corrected chi connectivity index (χ4v) is 2.35. The predicted molar refractivity (Wildman–Crippen MR) is 99.0 cm³/mol. The summed E-state index contributed by atoms with van der Waals surface area (Å²) in [6.45, 7) is 0.475. The van der Waals surface area contributed by atoms with Gasteiger partial charge in [0.15, 0.2) is 0 Å². The Balaban J connectivity index is 1.72. The van der Waals surface area contributed by atoms with Crippen molar-refractivity contribution in [2.24, 2.45) is 0 Å². The topological polar surface area (TPSA) is 113 Å². The van der Waals surface area contributed by atoms with E-state index in [1.54, 1.807) is 54.9 Å². The fourth-order valence-electron chi connectivity index (χ4n) is 2.35. The van der Waals surface area contributed by atoms with Gasteiger partial charge >= 0.3 is 0 Å². The van der Waals surface area contributed by atoms with Crippen molar-refractivity contribution in [1.82, 2.24) is 15.3 Å². The Kier molecular flexibility index (Phi) is 5.50. The van der Waals surface area contributed by atoms with E-state index in [4.69, 9.17) is 15.6 Å². The van der Waals surface area contributed by atoms with Gasteiger partial charge in [-0.25, -0.2) is 0 Å². The predicted octanol–water partition coefficient (Wildman–Crippen LogP) is 2.56. The maximum absolute atomic E-state index is 12.0. The van der Waals surface area contributed by atoms with Crippen LogP contribution in [-0.4, -0.2) is 34.1 Å². The molecule has 3 aromatic rings. The van der Waals surface area contributed by atoms with Crippen molar-refractivity contribution < 1.29 is 14.6 Å². The maximum Gasteiger partial charge on any atom is 0.252 e. The highest BCUT2D eigenvalue weighted by atomic mass is 16.5. The third-order valence-corrected chi connectivity index (χ3v) is 3.69. The molecule has 0 saturated heterocycles. The zero-order valence-corrected chi connectivity index (χ0v) is 14.1. The molecule has 1 aromatic carbocycles. The molecule has 0 aliphatic heterocycles. The van der Waals surface area contributed by atoms with Gasteiger partial charge in [-0.2, -0.15) is 0 Å². The number of aliphatic hydroxyl groups is 1. The lowest BCUT2D eigenvalue weighted by molar-refractivity contribution is 0.0951. The van der Waals surface area contributed by atoms with Crippen LogP contribution in [0.5, 0.6) is 11.5 Å². The molecule has 3 rings (SSSR count). The molecule has 0 fully saturated rings. The molecule has 5 N–H and O–H groups in total. The fraction of sp³-hybridized carbons (Fsp3) is 0.158. The first kappa shape index (κ1) is 17.5. The Bertz CT molecular complexity index is 875. The third-order valence-electron chi connectivity index (χ3n) is 3.69. The Morgan fingerprint density at radius 3 is 2.77 bits per heavy atom. The minimum Gasteiger partial charge on any atom is -0.457 e. The molecule has 0 atom stereocenters. The van der Waals surface area contributed by atoms with E-state index in [-0.39, 0.29) is 12.5 Å². The van der Waals surface area contributed by atoms with Gasteiger partial charge in [0.05, 0.1) is 17.0 Å². The lowest BCUT2D eigenvalue weighted by Crippen LogP contribution is -2.24. The molecule has 0 aliphatic rings. The number of nitrogens with two attached hydrogens (primary N) is 1. The van der Waals surface area contributed by atoms with Gasteiger partial charge in [-0.05, 0) is 42.8 Å². The lowest BCUT2D eigenvalue weighted by atomic mass is 10.2. The van der Waals surface area contributed by atoms with E-state index in [1.165, 1.54) is 0 Å². The molecule has 7 heteroatoms. The number of pyridine rings is 1. The SMILES string of the molecule is Nc1ccc(Oc2ccnc(-c3cc(C(=O)NCCCO)c[nH]3)c2)cc1. The van der Waals surface area contributed by atoms with Crippen molar-refractivity contribution in [3.63, 3.8) is 0 Å². The van der Waals surface area contributed by atoms with E-state index in [9.17, 15) is 4.79 Å². The second-order valence-electron chi connectivity index (χ2n) is 5.68. The molecule has 0 spiro atoms. The first-order valence-electron chi connectivity index (χ1n) is 8.23. The van der Waals surface area contributed by atoms with Gasteiger partial charge in [0.1, 0.15) is 11.5 Å². The van der Waals surface area contributed by atoms with E-state index >= 15 is 0 Å². The highest BCUT2D eigenvalue weighted by Gasteiger charge is 2.10. The molecule has 0 saturated carbocycles. The summed E-state index contributed by atoms with van der Waals surface area (Å²) >= 11 is 0. The summed E-state index contributed by atoms with van der Waals surface area (Å²) in [6.07, 6.45) is 3.79. The van der Waals surface area contributed by atoms with Crippen LogP contribution in [0.15, 0.2) is 54.9 Å². The summed E-state index contributed by atoms with van der Waals surface area (Å²) in [5.74, 6) is 1.10. The summed E-state index contributed by atoms with van der Waals surface area (Å²) in [5.41, 5.74) is 8.21. The molecule has 0 radical (unpaired) electrons. The number of hydrogen-bond acceptors (Lipinski definition) is 5. The number of carbonyl (C=O) groups is 1. The molecule has 26 heavy (non-hydrogen) atoms. The minimum atomic E-state index is -0.199. The summed E-state index contributed by atoms with van der Waals surface area (Å²) < 4.78 is 5.80. The van der Waals surface area contributed by atoms with Gasteiger partial charge in [-0.15, -0.1) is 0 Å². The smallest absolute Gasteiger partial charge is 0.252 e. The Hall–Kier alpha value is -3.32. The van der Waals surface area contributed by atoms with E-state index < -0.39 is 0 Å². The third kappa shape index (κ3) is 4.40. The lowest BCUT2D eigenvalue weighted by Gasteiger charge is -2.07. The number of anilines is 1. The van der Waals surface area contributed by atoms with Gasteiger partial charge in [-0.3, -0.25) is 9.78 Å². The Labute approximate surface area is 150 Å². The maximum atomic E-state index is 12.0. The standard InChI is InChI=1S/C19H20N4O3/c20-14-2-4-15(5-3-14)26-16-6-8-21-18(11-16)17-10-13(12-23-17)19(25)22-7-1-9-24/h2-6,8,10-12,23-24H,1,7,9,20H2,(H,22,25). The molecule has 2 heterocycles. The van der Waals surface area contributed by atoms with E-state index in [0.29, 0.717) is 47.1 Å². The van der Waals surface area contributed by atoms with Crippen LogP contribution in [-0.2, 0) is 0 Å². The molecule has 0 unspecified atom stereocenters. The number of aromatic amines is 1. The summed E-state index contributed by atoms with van der Waals surface area (Å²) in [7, 11) is 0. The van der Waals surface area contributed by atoms with Crippen LogP contribution in [0.1, 0.15) is 16.8 Å². The van der Waals surface area contributed by atoms with Crippen molar-refractivity contribution in [3.05, 3.63) is 60.4 Å². The first-order chi connectivity index (χ1) is 12.7. The number of amides is 1. The van der Waals surface area contributed by atoms with Gasteiger partial charge in [0.25, 0.3) is 5.91 Å². The zero-order valence-electron chi connectivity index (χ0n) is 14.1. The number of aromatic nitrogens is 2. The Morgan fingerprint density at radius 1 is 1.19 bits per heavy atom. The number of H-pyrrole nitrogens is 1. The molecule has 134 valence electrons. The van der Waals surface area contributed by atoms with Crippen LogP contribution < -0.4 is 15.8 Å². The summed E-state index contributed by atoms with van der Waals surface area (Å²) in [6, 6.07) is 12.4. The quantitative estimate of drug-likeness (QED) is 0.385. The van der Waals surface area contributed by atoms with Crippen LogP contribution in [0.3, 0.4) is 0 Å². The van der Waals surface area contributed by atoms with Crippen LogP contribution in [0.2, 0.25) is 0 Å². The number of rotatable bonds is 7. The highest BCUT2D eigenvalue weighted by molar-refractivity contribution is 5.95. The molecule has 0 bridgehead atoms. The average molecular weight is 352 g/mol. The number of benzene rings is 1. The number of nitrogens with one attached hydrogen (secondary N) is 2. The normalized spacial score (nSPS) is 10.5. The van der Waals surface area contributed by atoms with Crippen LogP contribution in [0.4, 0.5) is 5.69 Å². The summed E-state index contributed by atoms with van der Waals surface area (Å²) in [4.78, 5) is 19.4. The Morgan fingerprint density at radius 2 is 2.00 bits per heavy atom. The molecule has 1 amide bonds.